The largest absolute Gasteiger partial charge is 0.300 e. The van der Waals surface area contributed by atoms with Crippen LogP contribution in [0.3, 0.4) is 0 Å². The maximum atomic E-state index is 11.2. The second-order valence-electron chi connectivity index (χ2n) is 3.62. The standard InChI is InChI=1S/C11H10ClIO/c12-10-3-1-2-9(11(10)13)7-4-5-8(14)6-7/h1-3,7H,4-6H2. The Morgan fingerprint density at radius 1 is 1.43 bits per heavy atom. The molecule has 0 spiro atoms. The second-order valence-corrected chi connectivity index (χ2v) is 5.11. The van der Waals surface area contributed by atoms with E-state index in [1.807, 2.05) is 12.1 Å². The van der Waals surface area contributed by atoms with Gasteiger partial charge in [0.15, 0.2) is 0 Å². The molecule has 1 fully saturated rings. The Morgan fingerprint density at radius 2 is 2.21 bits per heavy atom. The summed E-state index contributed by atoms with van der Waals surface area (Å²) in [5.41, 5.74) is 1.24. The summed E-state index contributed by atoms with van der Waals surface area (Å²) in [4.78, 5) is 11.2. The van der Waals surface area contributed by atoms with E-state index in [9.17, 15) is 4.79 Å². The van der Waals surface area contributed by atoms with Gasteiger partial charge >= 0.3 is 0 Å². The molecule has 1 aliphatic carbocycles. The lowest BCUT2D eigenvalue weighted by Crippen LogP contribution is -1.97. The van der Waals surface area contributed by atoms with Crippen molar-refractivity contribution in [1.29, 1.82) is 0 Å². The minimum Gasteiger partial charge on any atom is -0.300 e. The van der Waals surface area contributed by atoms with Crippen molar-refractivity contribution < 1.29 is 4.79 Å². The minimum atomic E-state index is 0.380. The molecule has 1 aromatic carbocycles. The summed E-state index contributed by atoms with van der Waals surface area (Å²) in [6.07, 6.45) is 2.40. The van der Waals surface area contributed by atoms with Crippen molar-refractivity contribution in [3.05, 3.63) is 32.4 Å². The summed E-state index contributed by atoms with van der Waals surface area (Å²) in [5.74, 6) is 0.777. The van der Waals surface area contributed by atoms with Gasteiger partial charge in [-0.3, -0.25) is 4.79 Å². The van der Waals surface area contributed by atoms with Gasteiger partial charge in [-0.2, -0.15) is 0 Å². The van der Waals surface area contributed by atoms with Gasteiger partial charge in [0.2, 0.25) is 0 Å². The molecule has 1 aliphatic rings. The van der Waals surface area contributed by atoms with Gasteiger partial charge in [0.05, 0.1) is 5.02 Å². The highest BCUT2D eigenvalue weighted by atomic mass is 127. The quantitative estimate of drug-likeness (QED) is 0.720. The van der Waals surface area contributed by atoms with Gasteiger partial charge in [-0.05, 0) is 46.6 Å². The molecule has 3 heteroatoms. The van der Waals surface area contributed by atoms with E-state index in [1.165, 1.54) is 5.56 Å². The summed E-state index contributed by atoms with van der Waals surface area (Å²) in [6, 6.07) is 5.93. The van der Waals surface area contributed by atoms with E-state index in [1.54, 1.807) is 0 Å². The highest BCUT2D eigenvalue weighted by molar-refractivity contribution is 14.1. The number of rotatable bonds is 1. The van der Waals surface area contributed by atoms with Crippen LogP contribution in [-0.2, 0) is 4.79 Å². The molecule has 0 aliphatic heterocycles. The SMILES string of the molecule is O=C1CCC(c2cccc(Cl)c2I)C1. The van der Waals surface area contributed by atoms with Crippen molar-refractivity contribution in [2.24, 2.45) is 0 Å². The van der Waals surface area contributed by atoms with Crippen LogP contribution in [-0.4, -0.2) is 5.78 Å². The molecule has 0 amide bonds. The van der Waals surface area contributed by atoms with Crippen LogP contribution in [0, 0.1) is 3.57 Å². The van der Waals surface area contributed by atoms with Crippen LogP contribution < -0.4 is 0 Å². The van der Waals surface area contributed by atoms with Gasteiger partial charge < -0.3 is 0 Å². The third kappa shape index (κ3) is 1.96. The average Bonchev–Trinajstić information content (AvgIpc) is 2.57. The zero-order chi connectivity index (χ0) is 10.1. The first-order chi connectivity index (χ1) is 6.68. The Labute approximate surface area is 102 Å². The molecule has 1 atom stereocenters. The summed E-state index contributed by atoms with van der Waals surface area (Å²) in [5, 5.41) is 0.794. The van der Waals surface area contributed by atoms with Crippen molar-refractivity contribution in [3.8, 4) is 0 Å². The van der Waals surface area contributed by atoms with Crippen molar-refractivity contribution in [1.82, 2.24) is 0 Å². The highest BCUT2D eigenvalue weighted by Gasteiger charge is 2.25. The van der Waals surface area contributed by atoms with Crippen LogP contribution in [0.4, 0.5) is 0 Å². The number of carbonyl (C=O) groups excluding carboxylic acids is 1. The predicted octanol–water partition coefficient (Wildman–Crippen LogP) is 3.78. The molecular weight excluding hydrogens is 310 g/mol. The third-order valence-electron chi connectivity index (χ3n) is 2.67. The lowest BCUT2D eigenvalue weighted by molar-refractivity contribution is -0.117. The van der Waals surface area contributed by atoms with Crippen molar-refractivity contribution >= 4 is 40.0 Å². The summed E-state index contributed by atoms with van der Waals surface area (Å²) in [7, 11) is 0. The van der Waals surface area contributed by atoms with E-state index < -0.39 is 0 Å². The first-order valence-corrected chi connectivity index (χ1v) is 6.10. The summed E-state index contributed by atoms with van der Waals surface area (Å²) in [6.45, 7) is 0. The van der Waals surface area contributed by atoms with Gasteiger partial charge in [0.25, 0.3) is 0 Å². The second kappa shape index (κ2) is 4.19. The minimum absolute atomic E-state index is 0.380. The number of ketones is 1. The number of benzene rings is 1. The maximum absolute atomic E-state index is 11.2. The molecule has 0 aromatic heterocycles. The van der Waals surface area contributed by atoms with Gasteiger partial charge in [-0.15, -0.1) is 0 Å². The van der Waals surface area contributed by atoms with E-state index in [4.69, 9.17) is 11.6 Å². The molecule has 0 bridgehead atoms. The Bertz CT molecular complexity index is 376. The lowest BCUT2D eigenvalue weighted by atomic mass is 9.98. The molecule has 1 nitrogen and oxygen atoms in total. The number of carbonyl (C=O) groups is 1. The highest BCUT2D eigenvalue weighted by Crippen LogP contribution is 2.36. The van der Waals surface area contributed by atoms with Crippen LogP contribution in [0.25, 0.3) is 0 Å². The first kappa shape index (κ1) is 10.4. The normalized spacial score (nSPS) is 21.6. The topological polar surface area (TPSA) is 17.1 Å². The smallest absolute Gasteiger partial charge is 0.133 e. The molecule has 0 N–H and O–H groups in total. The molecule has 0 heterocycles. The van der Waals surface area contributed by atoms with E-state index in [2.05, 4.69) is 28.7 Å². The van der Waals surface area contributed by atoms with E-state index in [0.29, 0.717) is 18.1 Å². The van der Waals surface area contributed by atoms with Crippen molar-refractivity contribution in [3.63, 3.8) is 0 Å². The molecule has 74 valence electrons. The average molecular weight is 321 g/mol. The zero-order valence-corrected chi connectivity index (χ0v) is 10.5. The molecule has 2 rings (SSSR count). The van der Waals surface area contributed by atoms with Gasteiger partial charge in [-0.1, -0.05) is 23.7 Å². The lowest BCUT2D eigenvalue weighted by Gasteiger charge is -2.11. The van der Waals surface area contributed by atoms with Crippen LogP contribution in [0.1, 0.15) is 30.7 Å². The molecule has 14 heavy (non-hydrogen) atoms. The number of hydrogen-bond donors (Lipinski definition) is 0. The van der Waals surface area contributed by atoms with Crippen LogP contribution in [0.2, 0.25) is 5.02 Å². The van der Waals surface area contributed by atoms with E-state index in [-0.39, 0.29) is 0 Å². The van der Waals surface area contributed by atoms with Crippen molar-refractivity contribution in [2.75, 3.05) is 0 Å². The van der Waals surface area contributed by atoms with Gasteiger partial charge in [-0.25, -0.2) is 0 Å². The monoisotopic (exact) mass is 320 g/mol. The van der Waals surface area contributed by atoms with E-state index >= 15 is 0 Å². The molecule has 1 aromatic rings. The first-order valence-electron chi connectivity index (χ1n) is 4.64. The van der Waals surface area contributed by atoms with E-state index in [0.717, 1.165) is 21.4 Å². The van der Waals surface area contributed by atoms with Crippen LogP contribution in [0.5, 0.6) is 0 Å². The molecule has 1 unspecified atom stereocenters. The van der Waals surface area contributed by atoms with Crippen LogP contribution >= 0.6 is 34.2 Å². The number of Topliss-reactive ketones (excluding diaryl/α,β-unsaturated/α-hetero) is 1. The molecule has 0 radical (unpaired) electrons. The zero-order valence-electron chi connectivity index (χ0n) is 7.59. The molecular formula is C11H10ClIO. The fraction of sp³-hybridized carbons (Fsp3) is 0.364. The molecule has 0 saturated heterocycles. The third-order valence-corrected chi connectivity index (χ3v) is 4.50. The fourth-order valence-electron chi connectivity index (χ4n) is 1.92. The van der Waals surface area contributed by atoms with Crippen LogP contribution in [0.15, 0.2) is 18.2 Å². The summed E-state index contributed by atoms with van der Waals surface area (Å²) >= 11 is 8.29. The fourth-order valence-corrected chi connectivity index (χ4v) is 2.90. The molecule has 1 saturated carbocycles. The Hall–Kier alpha value is -0.0900. The Morgan fingerprint density at radius 3 is 2.86 bits per heavy atom. The Balaban J connectivity index is 2.32. The number of hydrogen-bond acceptors (Lipinski definition) is 1. The maximum Gasteiger partial charge on any atom is 0.133 e. The Kier molecular flexibility index (Phi) is 3.12. The van der Waals surface area contributed by atoms with Crippen molar-refractivity contribution in [2.45, 2.75) is 25.2 Å². The van der Waals surface area contributed by atoms with Gasteiger partial charge in [0.1, 0.15) is 5.78 Å². The number of halogens is 2. The predicted molar refractivity (Wildman–Crippen MR) is 65.8 cm³/mol. The van der Waals surface area contributed by atoms with Gasteiger partial charge in [0, 0.05) is 16.4 Å². The summed E-state index contributed by atoms with van der Waals surface area (Å²) < 4.78 is 1.10.